The first-order valence-electron chi connectivity index (χ1n) is 6.59. The average Bonchev–Trinajstić information content (AvgIpc) is 2.48. The summed E-state index contributed by atoms with van der Waals surface area (Å²) in [4.78, 5) is 2.05. The Morgan fingerprint density at radius 3 is 2.60 bits per heavy atom. The van der Waals surface area contributed by atoms with Crippen LogP contribution in [0.15, 0.2) is 23.1 Å². The Hall–Kier alpha value is -1.31. The van der Waals surface area contributed by atoms with Gasteiger partial charge in [0.25, 0.3) is 0 Å². The Balaban J connectivity index is 2.24. The molecule has 0 saturated carbocycles. The first-order chi connectivity index (χ1) is 9.19. The van der Waals surface area contributed by atoms with E-state index in [1.807, 2.05) is 6.92 Å². The predicted molar refractivity (Wildman–Crippen MR) is 78.9 cm³/mol. The van der Waals surface area contributed by atoms with Crippen molar-refractivity contribution in [1.29, 1.82) is 0 Å². The Morgan fingerprint density at radius 2 is 2.00 bits per heavy atom. The molecule has 6 nitrogen and oxygen atoms in total. The third-order valence-corrected chi connectivity index (χ3v) is 4.71. The van der Waals surface area contributed by atoms with E-state index in [1.165, 1.54) is 6.07 Å². The molecule has 20 heavy (non-hydrogen) atoms. The van der Waals surface area contributed by atoms with Gasteiger partial charge in [-0.3, -0.25) is 0 Å². The quantitative estimate of drug-likeness (QED) is 0.695. The Kier molecular flexibility index (Phi) is 3.95. The van der Waals surface area contributed by atoms with E-state index in [0.29, 0.717) is 13.0 Å². The highest BCUT2D eigenvalue weighted by atomic mass is 32.2. The maximum absolute atomic E-state index is 11.3. The molecule has 1 aromatic carbocycles. The van der Waals surface area contributed by atoms with E-state index in [4.69, 9.17) is 10.9 Å². The van der Waals surface area contributed by atoms with Gasteiger partial charge in [0, 0.05) is 18.8 Å². The van der Waals surface area contributed by atoms with Gasteiger partial charge in [0.2, 0.25) is 10.0 Å². The molecule has 0 bridgehead atoms. The molecule has 1 aromatic rings. The smallest absolute Gasteiger partial charge is 0.240 e. The molecule has 1 aliphatic heterocycles. The Bertz CT molecular complexity index is 599. The van der Waals surface area contributed by atoms with Crippen molar-refractivity contribution in [3.63, 3.8) is 0 Å². The Morgan fingerprint density at radius 1 is 1.30 bits per heavy atom. The van der Waals surface area contributed by atoms with Gasteiger partial charge in [-0.1, -0.05) is 0 Å². The van der Waals surface area contributed by atoms with Crippen LogP contribution in [-0.2, 0) is 10.0 Å². The minimum Gasteiger partial charge on any atom is -0.398 e. The molecule has 0 aliphatic carbocycles. The number of benzene rings is 1. The number of aliphatic hydroxyl groups is 1. The number of nitrogen functional groups attached to an aromatic ring is 1. The lowest BCUT2D eigenvalue weighted by molar-refractivity contribution is 0.0481. The average molecular weight is 299 g/mol. The van der Waals surface area contributed by atoms with Crippen LogP contribution in [-0.4, -0.2) is 32.2 Å². The fourth-order valence-electron chi connectivity index (χ4n) is 2.51. The van der Waals surface area contributed by atoms with E-state index < -0.39 is 15.6 Å². The largest absolute Gasteiger partial charge is 0.398 e. The van der Waals surface area contributed by atoms with Gasteiger partial charge in [-0.05, 0) is 44.4 Å². The molecule has 0 amide bonds. The van der Waals surface area contributed by atoms with E-state index >= 15 is 0 Å². The van der Waals surface area contributed by atoms with E-state index in [-0.39, 0.29) is 10.6 Å². The molecule has 1 saturated heterocycles. The topological polar surface area (TPSA) is 110 Å². The zero-order valence-electron chi connectivity index (χ0n) is 11.5. The summed E-state index contributed by atoms with van der Waals surface area (Å²) in [7, 11) is -3.79. The first-order valence-corrected chi connectivity index (χ1v) is 8.13. The van der Waals surface area contributed by atoms with Crippen molar-refractivity contribution in [3.8, 4) is 0 Å². The highest BCUT2D eigenvalue weighted by Crippen LogP contribution is 2.28. The van der Waals surface area contributed by atoms with Crippen LogP contribution in [0.25, 0.3) is 0 Å². The van der Waals surface area contributed by atoms with Crippen molar-refractivity contribution in [1.82, 2.24) is 0 Å². The third-order valence-electron chi connectivity index (χ3n) is 3.73. The maximum Gasteiger partial charge on any atom is 0.240 e. The van der Waals surface area contributed by atoms with E-state index in [0.717, 1.165) is 25.1 Å². The summed E-state index contributed by atoms with van der Waals surface area (Å²) < 4.78 is 22.7. The normalized spacial score (nSPS) is 24.4. The minimum absolute atomic E-state index is 0.0527. The summed E-state index contributed by atoms with van der Waals surface area (Å²) in [5.74, 6) is 0. The van der Waals surface area contributed by atoms with Crippen molar-refractivity contribution in [2.24, 2.45) is 5.14 Å². The van der Waals surface area contributed by atoms with Crippen molar-refractivity contribution >= 4 is 21.4 Å². The molecule has 1 atom stereocenters. The van der Waals surface area contributed by atoms with Crippen LogP contribution >= 0.6 is 0 Å². The molecule has 1 heterocycles. The van der Waals surface area contributed by atoms with E-state index in [9.17, 15) is 13.5 Å². The molecule has 0 aromatic heterocycles. The lowest BCUT2D eigenvalue weighted by Gasteiger charge is -2.24. The molecule has 1 unspecified atom stereocenters. The lowest BCUT2D eigenvalue weighted by atomic mass is 9.98. The molecule has 1 fully saturated rings. The van der Waals surface area contributed by atoms with Crippen LogP contribution in [0.3, 0.4) is 0 Å². The summed E-state index contributed by atoms with van der Waals surface area (Å²) in [5.41, 5.74) is 6.14. The lowest BCUT2D eigenvalue weighted by Crippen LogP contribution is -2.28. The van der Waals surface area contributed by atoms with Gasteiger partial charge in [0.15, 0.2) is 0 Å². The summed E-state index contributed by atoms with van der Waals surface area (Å²) in [5, 5.41) is 15.2. The second kappa shape index (κ2) is 5.23. The molecule has 0 spiro atoms. The van der Waals surface area contributed by atoms with Crippen molar-refractivity contribution < 1.29 is 13.5 Å². The van der Waals surface area contributed by atoms with Crippen molar-refractivity contribution in [2.45, 2.75) is 36.7 Å². The SMILES string of the molecule is CC1(O)CCCN(c2ccc(S(N)(=O)=O)c(N)c2)CC1. The van der Waals surface area contributed by atoms with Crippen LogP contribution in [0.5, 0.6) is 0 Å². The van der Waals surface area contributed by atoms with Gasteiger partial charge in [-0.2, -0.15) is 0 Å². The second-order valence-electron chi connectivity index (χ2n) is 5.60. The van der Waals surface area contributed by atoms with Gasteiger partial charge in [0.1, 0.15) is 4.90 Å². The van der Waals surface area contributed by atoms with Crippen LogP contribution < -0.4 is 15.8 Å². The first kappa shape index (κ1) is 15.1. The van der Waals surface area contributed by atoms with Gasteiger partial charge in [-0.15, -0.1) is 0 Å². The number of anilines is 2. The maximum atomic E-state index is 11.3. The van der Waals surface area contributed by atoms with Crippen molar-refractivity contribution in [2.75, 3.05) is 23.7 Å². The van der Waals surface area contributed by atoms with E-state index in [1.54, 1.807) is 12.1 Å². The number of hydrogen-bond donors (Lipinski definition) is 3. The zero-order chi connectivity index (χ0) is 15.0. The summed E-state index contributed by atoms with van der Waals surface area (Å²) in [6, 6.07) is 4.76. The van der Waals surface area contributed by atoms with Crippen LogP contribution in [0.2, 0.25) is 0 Å². The highest BCUT2D eigenvalue weighted by molar-refractivity contribution is 7.89. The van der Waals surface area contributed by atoms with Crippen LogP contribution in [0.1, 0.15) is 26.2 Å². The van der Waals surface area contributed by atoms with Gasteiger partial charge in [0.05, 0.1) is 11.3 Å². The minimum atomic E-state index is -3.79. The molecule has 0 radical (unpaired) electrons. The molecule has 112 valence electrons. The Labute approximate surface area is 119 Å². The van der Waals surface area contributed by atoms with Crippen LogP contribution in [0.4, 0.5) is 11.4 Å². The number of hydrogen-bond acceptors (Lipinski definition) is 5. The summed E-state index contributed by atoms with van der Waals surface area (Å²) in [6.07, 6.45) is 2.31. The van der Waals surface area contributed by atoms with Crippen molar-refractivity contribution in [3.05, 3.63) is 18.2 Å². The number of primary sulfonamides is 1. The second-order valence-corrected chi connectivity index (χ2v) is 7.13. The molecule has 5 N–H and O–H groups in total. The third kappa shape index (κ3) is 3.41. The fraction of sp³-hybridized carbons (Fsp3) is 0.538. The number of rotatable bonds is 2. The summed E-state index contributed by atoms with van der Waals surface area (Å²) >= 11 is 0. The number of sulfonamides is 1. The van der Waals surface area contributed by atoms with Gasteiger partial charge >= 0.3 is 0 Å². The van der Waals surface area contributed by atoms with Gasteiger partial charge < -0.3 is 15.7 Å². The fourth-order valence-corrected chi connectivity index (χ4v) is 3.16. The van der Waals surface area contributed by atoms with E-state index in [2.05, 4.69) is 4.90 Å². The predicted octanol–water partition coefficient (Wildman–Crippen LogP) is 0.657. The van der Waals surface area contributed by atoms with Gasteiger partial charge in [-0.25, -0.2) is 13.6 Å². The monoisotopic (exact) mass is 299 g/mol. The zero-order valence-corrected chi connectivity index (χ0v) is 12.4. The molecular formula is C13H21N3O3S. The number of nitrogens with two attached hydrogens (primary N) is 2. The molecule has 7 heteroatoms. The molecule has 1 aliphatic rings. The van der Waals surface area contributed by atoms with Crippen LogP contribution in [0, 0.1) is 0 Å². The number of nitrogens with zero attached hydrogens (tertiary/aromatic N) is 1. The highest BCUT2D eigenvalue weighted by Gasteiger charge is 2.25. The summed E-state index contributed by atoms with van der Waals surface area (Å²) in [6.45, 7) is 3.36. The molecule has 2 rings (SSSR count). The molecular weight excluding hydrogens is 278 g/mol. The standard InChI is InChI=1S/C13H21N3O3S/c1-13(17)5-2-7-16(8-6-13)10-3-4-12(11(14)9-10)20(15,18)19/h3-4,9,17H,2,5-8,14H2,1H3,(H2,15,18,19).